The lowest BCUT2D eigenvalue weighted by atomic mass is 10.1. The van der Waals surface area contributed by atoms with E-state index in [-0.39, 0.29) is 24.7 Å². The molecule has 2 rings (SSSR count). The van der Waals surface area contributed by atoms with Crippen molar-refractivity contribution in [3.63, 3.8) is 0 Å². The van der Waals surface area contributed by atoms with Crippen molar-refractivity contribution in [1.82, 2.24) is 0 Å². The Balaban J connectivity index is 2.45. The van der Waals surface area contributed by atoms with Crippen LogP contribution in [0.15, 0.2) is 12.1 Å². The Hall–Kier alpha value is -1.35. The van der Waals surface area contributed by atoms with E-state index >= 15 is 0 Å². The van der Waals surface area contributed by atoms with Gasteiger partial charge < -0.3 is 4.90 Å². The molecule has 84 valence electrons. The first-order valence-electron chi connectivity index (χ1n) is 5.08. The second-order valence-electron chi connectivity index (χ2n) is 4.08. The topological polar surface area (TPSA) is 37.4 Å². The van der Waals surface area contributed by atoms with Gasteiger partial charge in [-0.05, 0) is 37.1 Å². The molecule has 1 aliphatic rings. The third-order valence-electron chi connectivity index (χ3n) is 2.84. The van der Waals surface area contributed by atoms with Gasteiger partial charge in [-0.1, -0.05) is 11.6 Å². The van der Waals surface area contributed by atoms with Gasteiger partial charge in [-0.15, -0.1) is 0 Å². The lowest BCUT2D eigenvalue weighted by Crippen LogP contribution is -2.25. The van der Waals surface area contributed by atoms with Crippen LogP contribution >= 0.6 is 11.6 Å². The smallest absolute Gasteiger partial charge is 0.234 e. The molecule has 1 saturated heterocycles. The average Bonchev–Trinajstić information content (AvgIpc) is 2.51. The van der Waals surface area contributed by atoms with E-state index in [2.05, 4.69) is 0 Å². The number of rotatable bonds is 1. The number of anilines is 1. The van der Waals surface area contributed by atoms with E-state index in [1.807, 2.05) is 26.0 Å². The Labute approximate surface area is 99.0 Å². The summed E-state index contributed by atoms with van der Waals surface area (Å²) < 4.78 is 0. The molecular weight excluding hydrogens is 226 g/mol. The summed E-state index contributed by atoms with van der Waals surface area (Å²) in [7, 11) is 0. The second kappa shape index (κ2) is 3.91. The second-order valence-corrected chi connectivity index (χ2v) is 4.49. The maximum absolute atomic E-state index is 11.6. The summed E-state index contributed by atoms with van der Waals surface area (Å²) in [4.78, 5) is 24.2. The van der Waals surface area contributed by atoms with Gasteiger partial charge in [0.05, 0.1) is 23.7 Å². The Bertz CT molecular complexity index is 482. The van der Waals surface area contributed by atoms with E-state index in [4.69, 9.17) is 11.6 Å². The van der Waals surface area contributed by atoms with Crippen LogP contribution in [0.1, 0.15) is 17.5 Å². The molecule has 1 aliphatic heterocycles. The standard InChI is InChI=1S/C12H12ClNO2/c1-7-3-10(13)11(4-8(7)2)14-6-9(15)5-12(14)16/h3-4H,5-6H2,1-2H3. The van der Waals surface area contributed by atoms with Gasteiger partial charge in [0, 0.05) is 0 Å². The predicted molar refractivity (Wildman–Crippen MR) is 62.9 cm³/mol. The molecule has 3 nitrogen and oxygen atoms in total. The van der Waals surface area contributed by atoms with Gasteiger partial charge in [-0.2, -0.15) is 0 Å². The average molecular weight is 238 g/mol. The molecule has 16 heavy (non-hydrogen) atoms. The molecule has 4 heteroatoms. The quantitative estimate of drug-likeness (QED) is 0.703. The molecule has 0 atom stereocenters. The van der Waals surface area contributed by atoms with E-state index in [1.54, 1.807) is 0 Å². The zero-order valence-corrected chi connectivity index (χ0v) is 9.97. The molecule has 0 spiro atoms. The van der Waals surface area contributed by atoms with Gasteiger partial charge in [0.1, 0.15) is 0 Å². The van der Waals surface area contributed by atoms with Crippen LogP contribution in [0.3, 0.4) is 0 Å². The fourth-order valence-corrected chi connectivity index (χ4v) is 2.10. The van der Waals surface area contributed by atoms with E-state index in [0.29, 0.717) is 10.7 Å². The third-order valence-corrected chi connectivity index (χ3v) is 3.14. The highest BCUT2D eigenvalue weighted by molar-refractivity contribution is 6.34. The summed E-state index contributed by atoms with van der Waals surface area (Å²) in [6.07, 6.45) is -0.0107. The molecule has 0 radical (unpaired) electrons. The number of benzene rings is 1. The predicted octanol–water partition coefficient (Wildman–Crippen LogP) is 2.26. The summed E-state index contributed by atoms with van der Waals surface area (Å²) in [6.45, 7) is 4.06. The van der Waals surface area contributed by atoms with Gasteiger partial charge >= 0.3 is 0 Å². The lowest BCUT2D eigenvalue weighted by molar-refractivity contribution is -0.121. The molecule has 1 aromatic rings. The molecule has 0 saturated carbocycles. The maximum Gasteiger partial charge on any atom is 0.234 e. The van der Waals surface area contributed by atoms with Crippen LogP contribution in [0.4, 0.5) is 5.69 Å². The first-order valence-corrected chi connectivity index (χ1v) is 5.45. The molecule has 1 aromatic carbocycles. The molecule has 0 unspecified atom stereocenters. The molecule has 1 heterocycles. The van der Waals surface area contributed by atoms with Crippen molar-refractivity contribution in [2.75, 3.05) is 11.4 Å². The number of ketones is 1. The molecule has 0 aliphatic carbocycles. The van der Waals surface area contributed by atoms with E-state index < -0.39 is 0 Å². The van der Waals surface area contributed by atoms with Crippen LogP contribution < -0.4 is 4.90 Å². The van der Waals surface area contributed by atoms with Crippen LogP contribution in [0.25, 0.3) is 0 Å². The Kier molecular flexibility index (Phi) is 2.72. The highest BCUT2D eigenvalue weighted by atomic mass is 35.5. The molecule has 0 bridgehead atoms. The van der Waals surface area contributed by atoms with E-state index in [0.717, 1.165) is 11.1 Å². The van der Waals surface area contributed by atoms with Crippen molar-refractivity contribution in [2.24, 2.45) is 0 Å². The van der Waals surface area contributed by atoms with Gasteiger partial charge in [-0.3, -0.25) is 9.59 Å². The van der Waals surface area contributed by atoms with Crippen molar-refractivity contribution < 1.29 is 9.59 Å². The van der Waals surface area contributed by atoms with Gasteiger partial charge in [0.25, 0.3) is 0 Å². The summed E-state index contributed by atoms with van der Waals surface area (Å²) in [5, 5.41) is 0.520. The number of amides is 1. The number of hydrogen-bond donors (Lipinski definition) is 0. The largest absolute Gasteiger partial charge is 0.303 e. The van der Waals surface area contributed by atoms with Crippen LogP contribution in [0.2, 0.25) is 5.02 Å². The zero-order chi connectivity index (χ0) is 11.9. The highest BCUT2D eigenvalue weighted by Crippen LogP contribution is 2.31. The fraction of sp³-hybridized carbons (Fsp3) is 0.333. The number of nitrogens with zero attached hydrogens (tertiary/aromatic N) is 1. The number of carbonyl (C=O) groups is 2. The SMILES string of the molecule is Cc1cc(Cl)c(N2CC(=O)CC2=O)cc1C. The van der Waals surface area contributed by atoms with Crippen LogP contribution in [0, 0.1) is 13.8 Å². The van der Waals surface area contributed by atoms with Gasteiger partial charge in [0.15, 0.2) is 5.78 Å². The first kappa shape index (κ1) is 11.1. The fourth-order valence-electron chi connectivity index (χ4n) is 1.78. The minimum atomic E-state index is -0.171. The molecular formula is C12H12ClNO2. The van der Waals surface area contributed by atoms with Gasteiger partial charge in [0.2, 0.25) is 5.91 Å². The summed E-state index contributed by atoms with van der Waals surface area (Å²) in [5.74, 6) is -0.227. The zero-order valence-electron chi connectivity index (χ0n) is 9.21. The van der Waals surface area contributed by atoms with Gasteiger partial charge in [-0.25, -0.2) is 0 Å². The maximum atomic E-state index is 11.6. The summed E-state index contributed by atoms with van der Waals surface area (Å²) in [5.41, 5.74) is 2.78. The van der Waals surface area contributed by atoms with E-state index in [1.165, 1.54) is 4.90 Å². The Morgan fingerprint density at radius 1 is 1.19 bits per heavy atom. The van der Waals surface area contributed by atoms with Crippen LogP contribution in [-0.4, -0.2) is 18.2 Å². The molecule has 0 aromatic heterocycles. The van der Waals surface area contributed by atoms with Crippen molar-refractivity contribution in [3.05, 3.63) is 28.3 Å². The minimum absolute atomic E-state index is 0.0107. The molecule has 0 N–H and O–H groups in total. The van der Waals surface area contributed by atoms with Crippen molar-refractivity contribution >= 4 is 29.0 Å². The van der Waals surface area contributed by atoms with Crippen molar-refractivity contribution in [3.8, 4) is 0 Å². The Morgan fingerprint density at radius 3 is 2.38 bits per heavy atom. The summed E-state index contributed by atoms with van der Waals surface area (Å²) in [6, 6.07) is 3.68. The third kappa shape index (κ3) is 1.83. The highest BCUT2D eigenvalue weighted by Gasteiger charge is 2.29. The summed E-state index contributed by atoms with van der Waals surface area (Å²) >= 11 is 6.09. The first-order chi connectivity index (χ1) is 7.49. The van der Waals surface area contributed by atoms with Crippen molar-refractivity contribution in [2.45, 2.75) is 20.3 Å². The van der Waals surface area contributed by atoms with Crippen LogP contribution in [-0.2, 0) is 9.59 Å². The van der Waals surface area contributed by atoms with E-state index in [9.17, 15) is 9.59 Å². The Morgan fingerprint density at radius 2 is 1.81 bits per heavy atom. The number of hydrogen-bond acceptors (Lipinski definition) is 2. The number of carbonyl (C=O) groups excluding carboxylic acids is 2. The normalized spacial score (nSPS) is 16.1. The van der Waals surface area contributed by atoms with Crippen LogP contribution in [0.5, 0.6) is 0 Å². The monoisotopic (exact) mass is 237 g/mol. The number of Topliss-reactive ketones (excluding diaryl/α,β-unsaturated/α-hetero) is 1. The van der Waals surface area contributed by atoms with Crippen molar-refractivity contribution in [1.29, 1.82) is 0 Å². The lowest BCUT2D eigenvalue weighted by Gasteiger charge is -2.17. The number of halogens is 1. The minimum Gasteiger partial charge on any atom is -0.303 e. The molecule has 1 fully saturated rings. The molecule has 1 amide bonds. The number of aryl methyl sites for hydroxylation is 2.